The zero-order valence-electron chi connectivity index (χ0n) is 12.0. The van der Waals surface area contributed by atoms with Crippen LogP contribution in [0.2, 0.25) is 0 Å². The van der Waals surface area contributed by atoms with Crippen LogP contribution in [-0.2, 0) is 4.79 Å². The van der Waals surface area contributed by atoms with Crippen LogP contribution in [0.3, 0.4) is 0 Å². The third kappa shape index (κ3) is 17.9. The van der Waals surface area contributed by atoms with Crippen molar-refractivity contribution in [1.29, 1.82) is 0 Å². The largest absolute Gasteiger partial charge is 0.508 e. The van der Waals surface area contributed by atoms with E-state index in [1.807, 2.05) is 26.0 Å². The first-order chi connectivity index (χ1) is 9.52. The van der Waals surface area contributed by atoms with E-state index in [0.29, 0.717) is 11.5 Å². The topological polar surface area (TPSA) is 77.8 Å². The number of phenolic OH excluding ortho intramolecular Hbond substituents is 2. The van der Waals surface area contributed by atoms with Gasteiger partial charge in [-0.15, -0.1) is 0 Å². The number of phenols is 2. The Hall–Kier alpha value is -2.49. The van der Waals surface area contributed by atoms with Gasteiger partial charge in [0.1, 0.15) is 11.5 Å². The fraction of sp³-hybridized carbons (Fsp3) is 0.188. The summed E-state index contributed by atoms with van der Waals surface area (Å²) < 4.78 is 0. The number of carbonyl (C=O) groups is 1. The van der Waals surface area contributed by atoms with E-state index < -0.39 is 5.97 Å². The van der Waals surface area contributed by atoms with Crippen molar-refractivity contribution in [3.63, 3.8) is 0 Å². The molecule has 0 saturated heterocycles. The highest BCUT2D eigenvalue weighted by atomic mass is 16.4. The zero-order chi connectivity index (χ0) is 15.8. The summed E-state index contributed by atoms with van der Waals surface area (Å²) in [6.45, 7) is 5.08. The van der Waals surface area contributed by atoms with Crippen molar-refractivity contribution < 1.29 is 20.1 Å². The summed E-state index contributed by atoms with van der Waals surface area (Å²) in [7, 11) is 0. The van der Waals surface area contributed by atoms with Crippen molar-refractivity contribution in [3.8, 4) is 11.5 Å². The number of carboxylic acids is 1. The maximum Gasteiger partial charge on any atom is 0.300 e. The Bertz CT molecular complexity index is 385. The predicted molar refractivity (Wildman–Crippen MR) is 80.9 cm³/mol. The smallest absolute Gasteiger partial charge is 0.300 e. The highest BCUT2D eigenvalue weighted by molar-refractivity contribution is 5.62. The van der Waals surface area contributed by atoms with E-state index in [-0.39, 0.29) is 0 Å². The van der Waals surface area contributed by atoms with Gasteiger partial charge in [-0.1, -0.05) is 50.2 Å². The monoisotopic (exact) mass is 278 g/mol. The van der Waals surface area contributed by atoms with E-state index >= 15 is 0 Å². The Morgan fingerprint density at radius 3 is 1.05 bits per heavy atom. The average molecular weight is 278 g/mol. The lowest BCUT2D eigenvalue weighted by Crippen LogP contribution is -1.78. The van der Waals surface area contributed by atoms with Crippen molar-refractivity contribution in [2.45, 2.75) is 20.8 Å². The molecule has 2 aromatic carbocycles. The molecule has 4 heteroatoms. The molecule has 0 bridgehead atoms. The SMILES string of the molecule is CC.CC(=O)O.Oc1ccccc1.Oc1ccccc1. The Balaban J connectivity index is 0. The highest BCUT2D eigenvalue weighted by Gasteiger charge is 1.75. The number of para-hydroxylation sites is 2. The molecule has 0 amide bonds. The Kier molecular flexibility index (Phi) is 14.5. The molecular weight excluding hydrogens is 256 g/mol. The molecule has 0 saturated carbocycles. The van der Waals surface area contributed by atoms with Crippen molar-refractivity contribution >= 4 is 5.97 Å². The molecule has 0 aliphatic heterocycles. The van der Waals surface area contributed by atoms with Crippen LogP contribution in [0.4, 0.5) is 0 Å². The lowest BCUT2D eigenvalue weighted by molar-refractivity contribution is -0.134. The number of hydrogen-bond donors (Lipinski definition) is 3. The summed E-state index contributed by atoms with van der Waals surface area (Å²) in [5.74, 6) is -0.190. The molecule has 0 aliphatic carbocycles. The summed E-state index contributed by atoms with van der Waals surface area (Å²) in [6.07, 6.45) is 0. The van der Waals surface area contributed by atoms with Gasteiger partial charge in [0, 0.05) is 6.92 Å². The molecule has 110 valence electrons. The van der Waals surface area contributed by atoms with Crippen LogP contribution in [0.5, 0.6) is 11.5 Å². The van der Waals surface area contributed by atoms with Crippen molar-refractivity contribution in [2.24, 2.45) is 0 Å². The second kappa shape index (κ2) is 14.6. The van der Waals surface area contributed by atoms with Crippen LogP contribution in [0, 0.1) is 0 Å². The van der Waals surface area contributed by atoms with E-state index in [0.717, 1.165) is 6.92 Å². The minimum absolute atomic E-state index is 0.322. The summed E-state index contributed by atoms with van der Waals surface area (Å²) in [6, 6.07) is 17.4. The summed E-state index contributed by atoms with van der Waals surface area (Å²) >= 11 is 0. The molecule has 4 nitrogen and oxygen atoms in total. The van der Waals surface area contributed by atoms with Gasteiger partial charge >= 0.3 is 0 Å². The van der Waals surface area contributed by atoms with E-state index in [2.05, 4.69) is 0 Å². The maximum absolute atomic E-state index is 9.00. The molecule has 0 aliphatic rings. The van der Waals surface area contributed by atoms with E-state index in [1.165, 1.54) is 0 Å². The summed E-state index contributed by atoms with van der Waals surface area (Å²) in [4.78, 5) is 9.00. The molecular formula is C16H22O4. The molecule has 0 aromatic heterocycles. The first-order valence-electron chi connectivity index (χ1n) is 6.20. The fourth-order valence-electron chi connectivity index (χ4n) is 0.856. The van der Waals surface area contributed by atoms with Crippen LogP contribution in [-0.4, -0.2) is 21.3 Å². The molecule has 20 heavy (non-hydrogen) atoms. The molecule has 2 rings (SSSR count). The van der Waals surface area contributed by atoms with Gasteiger partial charge in [-0.05, 0) is 24.3 Å². The third-order valence-corrected chi connectivity index (χ3v) is 1.51. The molecule has 0 fully saturated rings. The standard InChI is InChI=1S/2C6H6O.C2H4O2.C2H6/c2*7-6-4-2-1-3-5-6;1-2(3)4;1-2/h2*1-5,7H;1H3,(H,3,4);1-2H3. The maximum atomic E-state index is 9.00. The number of rotatable bonds is 0. The quantitative estimate of drug-likeness (QED) is 0.683. The summed E-state index contributed by atoms with van der Waals surface area (Å²) in [5.41, 5.74) is 0. The molecule has 3 N–H and O–H groups in total. The number of aliphatic carboxylic acids is 1. The van der Waals surface area contributed by atoms with E-state index in [4.69, 9.17) is 20.1 Å². The molecule has 2 aromatic rings. The van der Waals surface area contributed by atoms with Crippen molar-refractivity contribution in [3.05, 3.63) is 60.7 Å². The minimum Gasteiger partial charge on any atom is -0.508 e. The molecule has 0 unspecified atom stereocenters. The van der Waals surface area contributed by atoms with Gasteiger partial charge in [0.2, 0.25) is 0 Å². The Morgan fingerprint density at radius 2 is 0.950 bits per heavy atom. The van der Waals surface area contributed by atoms with Crippen LogP contribution in [0.15, 0.2) is 60.7 Å². The van der Waals surface area contributed by atoms with E-state index in [9.17, 15) is 0 Å². The van der Waals surface area contributed by atoms with Gasteiger partial charge in [0.15, 0.2) is 0 Å². The first-order valence-corrected chi connectivity index (χ1v) is 6.20. The van der Waals surface area contributed by atoms with Gasteiger partial charge in [0.05, 0.1) is 0 Å². The second-order valence-electron chi connectivity index (χ2n) is 3.19. The van der Waals surface area contributed by atoms with E-state index in [1.54, 1.807) is 48.5 Å². The molecule has 0 atom stereocenters. The van der Waals surface area contributed by atoms with Gasteiger partial charge in [0.25, 0.3) is 5.97 Å². The number of aromatic hydroxyl groups is 2. The van der Waals surface area contributed by atoms with Crippen LogP contribution in [0.1, 0.15) is 20.8 Å². The number of carboxylic acid groups (broad SMARTS) is 1. The highest BCUT2D eigenvalue weighted by Crippen LogP contribution is 2.03. The fourth-order valence-corrected chi connectivity index (χ4v) is 0.856. The van der Waals surface area contributed by atoms with Crippen molar-refractivity contribution in [2.75, 3.05) is 0 Å². The Morgan fingerprint density at radius 1 is 0.750 bits per heavy atom. The summed E-state index contributed by atoms with van der Waals surface area (Å²) in [5, 5.41) is 24.7. The third-order valence-electron chi connectivity index (χ3n) is 1.51. The average Bonchev–Trinajstić information content (AvgIpc) is 2.43. The number of benzene rings is 2. The van der Waals surface area contributed by atoms with Gasteiger partial charge in [-0.2, -0.15) is 0 Å². The minimum atomic E-state index is -0.833. The van der Waals surface area contributed by atoms with Crippen LogP contribution >= 0.6 is 0 Å². The lowest BCUT2D eigenvalue weighted by Gasteiger charge is -1.82. The normalized spacial score (nSPS) is 7.55. The second-order valence-corrected chi connectivity index (χ2v) is 3.19. The molecule has 0 radical (unpaired) electrons. The van der Waals surface area contributed by atoms with Crippen molar-refractivity contribution in [1.82, 2.24) is 0 Å². The first kappa shape index (κ1) is 19.8. The zero-order valence-corrected chi connectivity index (χ0v) is 12.0. The van der Waals surface area contributed by atoms with Crippen LogP contribution < -0.4 is 0 Å². The van der Waals surface area contributed by atoms with Crippen LogP contribution in [0.25, 0.3) is 0 Å². The molecule has 0 heterocycles. The van der Waals surface area contributed by atoms with Gasteiger partial charge < -0.3 is 15.3 Å². The number of hydrogen-bond acceptors (Lipinski definition) is 3. The van der Waals surface area contributed by atoms with Gasteiger partial charge in [-0.3, -0.25) is 4.79 Å². The molecule has 0 spiro atoms. The lowest BCUT2D eigenvalue weighted by atomic mass is 10.3. The predicted octanol–water partition coefficient (Wildman–Crippen LogP) is 3.90. The Labute approximate surface area is 120 Å². The van der Waals surface area contributed by atoms with Gasteiger partial charge in [-0.25, -0.2) is 0 Å².